The van der Waals surface area contributed by atoms with E-state index in [9.17, 15) is 17.8 Å². The number of Topliss-reactive ketones (excluding diaryl/α,β-unsaturated/α-hetero) is 1. The molecular formula is C35H61NaO6S. The van der Waals surface area contributed by atoms with Gasteiger partial charge in [0.05, 0.1) is 7.11 Å². The fourth-order valence-corrected chi connectivity index (χ4v) is 6.12. The molecule has 244 valence electrons. The molecule has 6 nitrogen and oxygen atoms in total. The van der Waals surface area contributed by atoms with E-state index in [-0.39, 0.29) is 41.8 Å². The number of ether oxygens (including phenoxy) is 1. The number of unbranched alkanes of at least 4 members (excludes halogenated alkanes) is 22. The van der Waals surface area contributed by atoms with Crippen molar-refractivity contribution in [3.8, 4) is 5.75 Å². The Morgan fingerprint density at radius 1 is 0.674 bits per heavy atom. The molecule has 1 unspecified atom stereocenters. The van der Waals surface area contributed by atoms with Gasteiger partial charge >= 0.3 is 29.6 Å². The van der Waals surface area contributed by atoms with Crippen LogP contribution in [0.4, 0.5) is 0 Å². The molecule has 0 amide bonds. The first kappa shape index (κ1) is 42.6. The van der Waals surface area contributed by atoms with Gasteiger partial charge in [0.25, 0.3) is 0 Å². The predicted octanol–water partition coefficient (Wildman–Crippen LogP) is 7.80. The smallest absolute Gasteiger partial charge is 0.726 e. The topological polar surface area (TPSA) is 92.7 Å². The van der Waals surface area contributed by atoms with Crippen LogP contribution in [0.5, 0.6) is 5.75 Å². The summed E-state index contributed by atoms with van der Waals surface area (Å²) in [6, 6.07) is 4.60. The molecule has 43 heavy (non-hydrogen) atoms. The molecular weight excluding hydrogens is 571 g/mol. The molecule has 0 aliphatic heterocycles. The molecule has 0 spiro atoms. The van der Waals surface area contributed by atoms with E-state index < -0.39 is 16.5 Å². The van der Waals surface area contributed by atoms with Crippen LogP contribution >= 0.6 is 0 Å². The molecule has 1 aliphatic carbocycles. The van der Waals surface area contributed by atoms with E-state index in [2.05, 4.69) is 18.0 Å². The van der Waals surface area contributed by atoms with Crippen molar-refractivity contribution in [3.63, 3.8) is 0 Å². The summed E-state index contributed by atoms with van der Waals surface area (Å²) >= 11 is 0. The van der Waals surface area contributed by atoms with Crippen LogP contribution in [0.2, 0.25) is 0 Å². The van der Waals surface area contributed by atoms with E-state index in [4.69, 9.17) is 4.74 Å². The van der Waals surface area contributed by atoms with Gasteiger partial charge in [0.2, 0.25) is 10.4 Å². The quantitative estimate of drug-likeness (QED) is 0.0473. The molecule has 1 atom stereocenters. The summed E-state index contributed by atoms with van der Waals surface area (Å²) in [6.45, 7) is 4.60. The maximum atomic E-state index is 11.6. The fourth-order valence-electron chi connectivity index (χ4n) is 5.66. The van der Waals surface area contributed by atoms with Crippen LogP contribution in [0.1, 0.15) is 190 Å². The Kier molecular flexibility index (Phi) is 27.6. The van der Waals surface area contributed by atoms with E-state index in [1.807, 2.05) is 0 Å². The zero-order valence-electron chi connectivity index (χ0n) is 28.1. The number of benzene rings is 1. The second-order valence-corrected chi connectivity index (χ2v) is 13.0. The SMILES string of the molecule is CCCCCCCCCCCCCCCCCCCCCCCCC.COc1ccc2c(c1)C(=O)CC2OS(=O)(=O)[O-].[Na+]. The van der Waals surface area contributed by atoms with Crippen molar-refractivity contribution in [1.29, 1.82) is 0 Å². The Morgan fingerprint density at radius 3 is 1.33 bits per heavy atom. The number of hydrogen-bond donors (Lipinski definition) is 0. The predicted molar refractivity (Wildman–Crippen MR) is 173 cm³/mol. The summed E-state index contributed by atoms with van der Waals surface area (Å²) in [5.74, 6) is 0.218. The van der Waals surface area contributed by atoms with Gasteiger partial charge < -0.3 is 9.29 Å². The van der Waals surface area contributed by atoms with Crippen LogP contribution in [0.3, 0.4) is 0 Å². The average molecular weight is 633 g/mol. The second-order valence-electron chi connectivity index (χ2n) is 12.0. The maximum absolute atomic E-state index is 11.6. The first-order valence-corrected chi connectivity index (χ1v) is 18.5. The molecule has 0 heterocycles. The summed E-state index contributed by atoms with van der Waals surface area (Å²) < 4.78 is 40.8. The molecule has 0 radical (unpaired) electrons. The molecule has 0 fully saturated rings. The zero-order chi connectivity index (χ0) is 30.9. The van der Waals surface area contributed by atoms with E-state index in [0.717, 1.165) is 0 Å². The van der Waals surface area contributed by atoms with Gasteiger partial charge in [-0.2, -0.15) is 0 Å². The fraction of sp³-hybridized carbons (Fsp3) is 0.800. The number of carbonyl (C=O) groups excluding carboxylic acids is 1. The van der Waals surface area contributed by atoms with Crippen LogP contribution in [0, 0.1) is 0 Å². The van der Waals surface area contributed by atoms with Gasteiger partial charge in [-0.3, -0.25) is 8.98 Å². The Labute approximate surface area is 287 Å². The third-order valence-corrected chi connectivity index (χ3v) is 8.69. The van der Waals surface area contributed by atoms with Gasteiger partial charge in [0.1, 0.15) is 11.9 Å². The molecule has 8 heteroatoms. The van der Waals surface area contributed by atoms with Gasteiger partial charge in [-0.05, 0) is 17.7 Å². The van der Waals surface area contributed by atoms with Crippen LogP contribution in [-0.4, -0.2) is 25.9 Å². The van der Waals surface area contributed by atoms with Crippen molar-refractivity contribution < 1.29 is 56.2 Å². The molecule has 0 saturated carbocycles. The second kappa shape index (κ2) is 27.8. The number of carbonyl (C=O) groups is 1. The molecule has 0 N–H and O–H groups in total. The Hall–Kier alpha value is -0.440. The third kappa shape index (κ3) is 22.7. The van der Waals surface area contributed by atoms with Gasteiger partial charge in [0.15, 0.2) is 5.78 Å². The summed E-state index contributed by atoms with van der Waals surface area (Å²) in [5, 5.41) is 0. The summed E-state index contributed by atoms with van der Waals surface area (Å²) in [6.07, 6.45) is 32.7. The summed E-state index contributed by atoms with van der Waals surface area (Å²) in [4.78, 5) is 11.6. The van der Waals surface area contributed by atoms with Crippen LogP contribution in [0.15, 0.2) is 18.2 Å². The van der Waals surface area contributed by atoms with Crippen LogP contribution in [0.25, 0.3) is 0 Å². The van der Waals surface area contributed by atoms with Crippen molar-refractivity contribution in [3.05, 3.63) is 29.3 Å². The van der Waals surface area contributed by atoms with Gasteiger partial charge in [-0.15, -0.1) is 0 Å². The molecule has 2 rings (SSSR count). The van der Waals surface area contributed by atoms with E-state index in [1.165, 1.54) is 167 Å². The van der Waals surface area contributed by atoms with Crippen molar-refractivity contribution in [2.24, 2.45) is 0 Å². The van der Waals surface area contributed by atoms with Crippen molar-refractivity contribution in [1.82, 2.24) is 0 Å². The van der Waals surface area contributed by atoms with Crippen LogP contribution < -0.4 is 34.3 Å². The maximum Gasteiger partial charge on any atom is 1.00 e. The van der Waals surface area contributed by atoms with Gasteiger partial charge in [-0.1, -0.05) is 168 Å². The normalized spacial score (nSPS) is 14.1. The molecule has 1 aromatic carbocycles. The molecule has 0 aromatic heterocycles. The molecule has 1 aliphatic rings. The van der Waals surface area contributed by atoms with Crippen molar-refractivity contribution in [2.75, 3.05) is 7.11 Å². The van der Waals surface area contributed by atoms with Gasteiger partial charge in [-0.25, -0.2) is 8.42 Å². The minimum Gasteiger partial charge on any atom is -0.726 e. The zero-order valence-corrected chi connectivity index (χ0v) is 31.0. The standard InChI is InChI=1S/C25H52.C10H10O6S.Na/c1-3-5-7-9-11-13-15-17-19-21-23-25-24-22-20-18-16-14-12-10-8-6-4-2;1-15-6-2-3-7-8(4-6)9(11)5-10(7)16-17(12,13)14;/h3-25H2,1-2H3;2-4,10H,5H2,1H3,(H,12,13,14);/q;;+1/p-1. The number of hydrogen-bond acceptors (Lipinski definition) is 6. The molecule has 0 bridgehead atoms. The number of fused-ring (bicyclic) bond motifs is 1. The largest absolute Gasteiger partial charge is 1.00 e. The summed E-state index contributed by atoms with van der Waals surface area (Å²) in [5.41, 5.74) is 0.730. The minimum atomic E-state index is -4.82. The van der Waals surface area contributed by atoms with E-state index in [0.29, 0.717) is 16.9 Å². The van der Waals surface area contributed by atoms with Crippen molar-refractivity contribution in [2.45, 2.75) is 174 Å². The Morgan fingerprint density at radius 2 is 1.02 bits per heavy atom. The summed E-state index contributed by atoms with van der Waals surface area (Å²) in [7, 11) is -3.37. The average Bonchev–Trinajstić information content (AvgIpc) is 3.26. The van der Waals surface area contributed by atoms with Crippen molar-refractivity contribution >= 4 is 16.2 Å². The molecule has 1 aromatic rings. The van der Waals surface area contributed by atoms with Gasteiger partial charge in [0, 0.05) is 12.0 Å². The Balaban J connectivity index is 0.000000851. The van der Waals surface area contributed by atoms with E-state index >= 15 is 0 Å². The minimum absolute atomic E-state index is 0. The third-order valence-electron chi connectivity index (χ3n) is 8.22. The van der Waals surface area contributed by atoms with E-state index in [1.54, 1.807) is 6.07 Å². The monoisotopic (exact) mass is 632 g/mol. The first-order valence-electron chi connectivity index (χ1n) is 17.2. The first-order chi connectivity index (χ1) is 20.3. The van der Waals surface area contributed by atoms with Crippen LogP contribution in [-0.2, 0) is 14.6 Å². The number of rotatable bonds is 25. The number of methoxy groups -OCH3 is 1. The number of ketones is 1. The Bertz CT molecular complexity index is 899. The molecule has 0 saturated heterocycles.